The quantitative estimate of drug-likeness (QED) is 0.0754. The Bertz CT molecular complexity index is 616. The van der Waals surface area contributed by atoms with E-state index in [0.717, 1.165) is 38.5 Å². The summed E-state index contributed by atoms with van der Waals surface area (Å²) in [5.74, 6) is -0.0865. The highest BCUT2D eigenvalue weighted by atomic mass is 16.7. The minimum atomic E-state index is -1.46. The van der Waals surface area contributed by atoms with E-state index in [2.05, 4.69) is 32.9 Å². The zero-order valence-electron chi connectivity index (χ0n) is 26.6. The van der Waals surface area contributed by atoms with E-state index in [1.165, 1.54) is 57.8 Å². The maximum atomic E-state index is 10.4. The third-order valence-electron chi connectivity index (χ3n) is 7.95. The number of hydrogen-bond donors (Lipinski definition) is 4. The van der Waals surface area contributed by atoms with E-state index in [-0.39, 0.29) is 24.7 Å². The molecule has 0 amide bonds. The van der Waals surface area contributed by atoms with Gasteiger partial charge < -0.3 is 39.4 Å². The summed E-state index contributed by atoms with van der Waals surface area (Å²) >= 11 is 0. The van der Waals surface area contributed by atoms with Crippen LogP contribution >= 0.6 is 0 Å². The zero-order chi connectivity index (χ0) is 30.3. The van der Waals surface area contributed by atoms with Gasteiger partial charge in [0.15, 0.2) is 6.29 Å². The molecule has 1 aliphatic heterocycles. The minimum Gasteiger partial charge on any atom is -0.394 e. The van der Waals surface area contributed by atoms with Crippen molar-refractivity contribution in [1.29, 1.82) is 0 Å². The molecule has 2 unspecified atom stereocenters. The molecule has 1 rings (SSSR count). The Hall–Kier alpha value is -0.580. The van der Waals surface area contributed by atoms with E-state index < -0.39 is 37.3 Å². The van der Waals surface area contributed by atoms with Crippen LogP contribution in [0.25, 0.3) is 0 Å². The fourth-order valence-corrected chi connectivity index (χ4v) is 5.15. The Kier molecular flexibility index (Phi) is 23.3. The van der Waals surface area contributed by atoms with Crippen LogP contribution in [0.1, 0.15) is 124 Å². The molecule has 8 atom stereocenters. The Labute approximate surface area is 250 Å². The lowest BCUT2D eigenvalue weighted by Crippen LogP contribution is -2.59. The molecule has 4 N–H and O–H groups in total. The topological polar surface area (TPSA) is 118 Å². The van der Waals surface area contributed by atoms with Gasteiger partial charge >= 0.3 is 0 Å². The van der Waals surface area contributed by atoms with Crippen LogP contribution in [0, 0.1) is 5.92 Å². The number of unbranched alkanes of at least 4 members (excludes halogenated alkanes) is 11. The van der Waals surface area contributed by atoms with Crippen molar-refractivity contribution in [3.05, 3.63) is 12.2 Å². The summed E-state index contributed by atoms with van der Waals surface area (Å²) in [5.41, 5.74) is 0. The highest BCUT2D eigenvalue weighted by molar-refractivity contribution is 4.91. The molecule has 0 aromatic rings. The van der Waals surface area contributed by atoms with Crippen LogP contribution in [-0.2, 0) is 18.9 Å². The monoisotopic (exact) mass is 588 g/mol. The fourth-order valence-electron chi connectivity index (χ4n) is 5.15. The Morgan fingerprint density at radius 3 is 1.90 bits per heavy atom. The second kappa shape index (κ2) is 24.8. The van der Waals surface area contributed by atoms with Gasteiger partial charge in [-0.15, -0.1) is 0 Å². The summed E-state index contributed by atoms with van der Waals surface area (Å²) in [6.07, 6.45) is 15.5. The average Bonchev–Trinajstić information content (AvgIpc) is 2.97. The summed E-state index contributed by atoms with van der Waals surface area (Å²) in [6.45, 7) is 9.59. The molecule has 0 bridgehead atoms. The van der Waals surface area contributed by atoms with Gasteiger partial charge in [-0.1, -0.05) is 104 Å². The van der Waals surface area contributed by atoms with Crippen LogP contribution in [-0.4, -0.2) is 89.8 Å². The maximum absolute atomic E-state index is 10.4. The van der Waals surface area contributed by atoms with E-state index in [0.29, 0.717) is 13.2 Å². The second-order valence-corrected chi connectivity index (χ2v) is 11.8. The Morgan fingerprint density at radius 2 is 1.29 bits per heavy atom. The first-order chi connectivity index (χ1) is 19.9. The molecule has 244 valence electrons. The van der Waals surface area contributed by atoms with Crippen LogP contribution in [0.4, 0.5) is 0 Å². The number of allylic oxidation sites excluding steroid dienone is 1. The lowest BCUT2D eigenvalue weighted by Gasteiger charge is -2.40. The van der Waals surface area contributed by atoms with Crippen molar-refractivity contribution in [3.63, 3.8) is 0 Å². The molecule has 0 saturated carbocycles. The number of aliphatic hydroxyl groups is 4. The first-order valence-electron chi connectivity index (χ1n) is 16.7. The van der Waals surface area contributed by atoms with E-state index in [1.54, 1.807) is 0 Å². The van der Waals surface area contributed by atoms with Crippen LogP contribution < -0.4 is 0 Å². The maximum Gasteiger partial charge on any atom is 0.186 e. The lowest BCUT2D eigenvalue weighted by atomic mass is 9.96. The predicted molar refractivity (Wildman–Crippen MR) is 164 cm³/mol. The summed E-state index contributed by atoms with van der Waals surface area (Å²) < 4.78 is 24.1. The number of hydrogen-bond acceptors (Lipinski definition) is 8. The minimum absolute atomic E-state index is 0.0865. The van der Waals surface area contributed by atoms with Gasteiger partial charge in [-0.2, -0.15) is 0 Å². The molecule has 8 nitrogen and oxygen atoms in total. The molecule has 0 spiro atoms. The highest BCUT2D eigenvalue weighted by Crippen LogP contribution is 2.25. The van der Waals surface area contributed by atoms with Gasteiger partial charge in [-0.05, 0) is 32.1 Å². The Morgan fingerprint density at radius 1 is 0.707 bits per heavy atom. The van der Waals surface area contributed by atoms with Crippen molar-refractivity contribution in [3.8, 4) is 0 Å². The van der Waals surface area contributed by atoms with E-state index in [1.807, 2.05) is 6.92 Å². The first kappa shape index (κ1) is 38.4. The first-order valence-corrected chi connectivity index (χ1v) is 16.7. The summed E-state index contributed by atoms with van der Waals surface area (Å²) in [6, 6.07) is 0. The largest absolute Gasteiger partial charge is 0.394 e. The van der Waals surface area contributed by atoms with Crippen LogP contribution in [0.5, 0.6) is 0 Å². The molecule has 1 heterocycles. The van der Waals surface area contributed by atoms with E-state index in [4.69, 9.17) is 18.9 Å². The van der Waals surface area contributed by atoms with Gasteiger partial charge in [0.1, 0.15) is 24.4 Å². The van der Waals surface area contributed by atoms with Crippen molar-refractivity contribution in [2.75, 3.05) is 26.4 Å². The fraction of sp³-hybridized carbons (Fsp3) is 0.939. The van der Waals surface area contributed by atoms with Crippen LogP contribution in [0.2, 0.25) is 0 Å². The van der Waals surface area contributed by atoms with Crippen molar-refractivity contribution in [2.45, 2.75) is 167 Å². The molecule has 0 aromatic carbocycles. The van der Waals surface area contributed by atoms with Crippen LogP contribution in [0.15, 0.2) is 12.2 Å². The zero-order valence-corrected chi connectivity index (χ0v) is 26.6. The van der Waals surface area contributed by atoms with Crippen LogP contribution in [0.3, 0.4) is 0 Å². The van der Waals surface area contributed by atoms with Gasteiger partial charge in [0, 0.05) is 19.1 Å². The normalized spacial score (nSPS) is 25.5. The molecular weight excluding hydrogens is 524 g/mol. The summed E-state index contributed by atoms with van der Waals surface area (Å²) in [7, 11) is 0. The smallest absolute Gasteiger partial charge is 0.186 e. The number of aliphatic hydroxyl groups excluding tert-OH is 4. The van der Waals surface area contributed by atoms with Crippen molar-refractivity contribution < 1.29 is 39.4 Å². The molecule has 41 heavy (non-hydrogen) atoms. The van der Waals surface area contributed by atoms with Gasteiger partial charge in [-0.25, -0.2) is 0 Å². The second-order valence-electron chi connectivity index (χ2n) is 11.8. The van der Waals surface area contributed by atoms with Crippen molar-refractivity contribution in [2.24, 2.45) is 5.92 Å². The molecule has 0 aliphatic carbocycles. The summed E-state index contributed by atoms with van der Waals surface area (Å²) in [5, 5.41) is 40.0. The summed E-state index contributed by atoms with van der Waals surface area (Å²) in [4.78, 5) is 0. The van der Waals surface area contributed by atoms with E-state index >= 15 is 0 Å². The average molecular weight is 589 g/mol. The van der Waals surface area contributed by atoms with Gasteiger partial charge in [0.2, 0.25) is 0 Å². The van der Waals surface area contributed by atoms with Crippen molar-refractivity contribution >= 4 is 0 Å². The third kappa shape index (κ3) is 16.2. The number of rotatable bonds is 26. The third-order valence-corrected chi connectivity index (χ3v) is 7.95. The van der Waals surface area contributed by atoms with Gasteiger partial charge in [0.25, 0.3) is 0 Å². The molecule has 1 saturated heterocycles. The standard InChI is InChI=1S/C33H64O8/c1-5-8-11-12-13-14-15-16-17-18-19-20-21-27(38-22-9-6-2)32(39-23-10-7-3)26(4)25-40-33-31(37)30(36)29(35)28(24-34)41-33/h19-20,26-37H,5-18,21-25H2,1-4H3/t26-,27+,28?,29-,30-,31?,32-,33-/m0/s1. The van der Waals surface area contributed by atoms with Gasteiger partial charge in [-0.3, -0.25) is 0 Å². The lowest BCUT2D eigenvalue weighted by molar-refractivity contribution is -0.304. The number of ether oxygens (including phenoxy) is 4. The molecule has 0 aromatic heterocycles. The SMILES string of the molecule is CCCCCCCCCCCC=CC[C@@H](OCCCC)[C@@H](OCCCC)[C@@H](C)CO[C@H]1OC(CO)[C@H](O)[C@H](O)C1O. The highest BCUT2D eigenvalue weighted by Gasteiger charge is 2.44. The molecule has 8 heteroatoms. The van der Waals surface area contributed by atoms with E-state index in [9.17, 15) is 20.4 Å². The Balaban J connectivity index is 2.67. The van der Waals surface area contributed by atoms with Gasteiger partial charge in [0.05, 0.1) is 25.4 Å². The molecule has 1 aliphatic rings. The van der Waals surface area contributed by atoms with Crippen molar-refractivity contribution in [1.82, 2.24) is 0 Å². The molecule has 1 fully saturated rings. The molecule has 0 radical (unpaired) electrons. The molecular formula is C33H64O8. The predicted octanol–water partition coefficient (Wildman–Crippen LogP) is 5.68.